The summed E-state index contributed by atoms with van der Waals surface area (Å²) in [5.74, 6) is -3.11. The summed E-state index contributed by atoms with van der Waals surface area (Å²) in [6.07, 6.45) is 4.71. The zero-order valence-corrected chi connectivity index (χ0v) is 13.6. The molecule has 0 fully saturated rings. The molecule has 126 valence electrons. The number of fused-ring (bicyclic) bond motifs is 1. The van der Waals surface area contributed by atoms with Crippen LogP contribution < -0.4 is 4.74 Å². The van der Waals surface area contributed by atoms with E-state index in [1.807, 2.05) is 0 Å². The van der Waals surface area contributed by atoms with E-state index in [-0.39, 0.29) is 16.8 Å². The van der Waals surface area contributed by atoms with Crippen LogP contribution in [-0.4, -0.2) is 33.3 Å². The van der Waals surface area contributed by atoms with Crippen LogP contribution in [0.5, 0.6) is 5.88 Å². The van der Waals surface area contributed by atoms with E-state index >= 15 is 0 Å². The van der Waals surface area contributed by atoms with E-state index in [1.165, 1.54) is 6.20 Å². The Hall–Kier alpha value is -2.28. The standard InChI is InChI=1S/C16H14ClF2N3O2/c1-16(18,19)9-24-14-13(17)4-10(5-21-14)7-22-8-11-6-20-3-2-12(11)15(22)23/h2-6H,7-9H2,1H3. The van der Waals surface area contributed by atoms with Crippen LogP contribution in [0.4, 0.5) is 8.78 Å². The predicted molar refractivity (Wildman–Crippen MR) is 83.2 cm³/mol. The van der Waals surface area contributed by atoms with E-state index in [4.69, 9.17) is 16.3 Å². The minimum absolute atomic E-state index is 0.0535. The summed E-state index contributed by atoms with van der Waals surface area (Å²) in [5.41, 5.74) is 2.19. The second-order valence-electron chi connectivity index (χ2n) is 5.68. The van der Waals surface area contributed by atoms with Gasteiger partial charge in [0.15, 0.2) is 6.61 Å². The number of aromatic nitrogens is 2. The molecule has 5 nitrogen and oxygen atoms in total. The molecular weight excluding hydrogens is 340 g/mol. The maximum Gasteiger partial charge on any atom is 0.278 e. The van der Waals surface area contributed by atoms with Gasteiger partial charge in [0, 0.05) is 49.7 Å². The number of hydrogen-bond acceptors (Lipinski definition) is 4. The third kappa shape index (κ3) is 3.62. The van der Waals surface area contributed by atoms with E-state index in [0.29, 0.717) is 24.2 Å². The molecule has 2 aromatic heterocycles. The molecule has 0 bridgehead atoms. The molecule has 0 N–H and O–H groups in total. The smallest absolute Gasteiger partial charge is 0.278 e. The van der Waals surface area contributed by atoms with Gasteiger partial charge in [-0.2, -0.15) is 0 Å². The zero-order chi connectivity index (χ0) is 17.3. The summed E-state index contributed by atoms with van der Waals surface area (Å²) in [6, 6.07) is 3.25. The highest BCUT2D eigenvalue weighted by atomic mass is 35.5. The van der Waals surface area contributed by atoms with Crippen molar-refractivity contribution < 1.29 is 18.3 Å². The Kier molecular flexibility index (Phi) is 4.36. The first-order chi connectivity index (χ1) is 11.3. The number of alkyl halides is 2. The SMILES string of the molecule is CC(F)(F)COc1ncc(CN2Cc3cnccc3C2=O)cc1Cl. The maximum absolute atomic E-state index is 12.8. The van der Waals surface area contributed by atoms with Crippen LogP contribution in [0.3, 0.4) is 0 Å². The minimum Gasteiger partial charge on any atom is -0.470 e. The number of rotatable bonds is 5. The highest BCUT2D eigenvalue weighted by Gasteiger charge is 2.27. The summed E-state index contributed by atoms with van der Waals surface area (Å²) >= 11 is 6.02. The van der Waals surface area contributed by atoms with Gasteiger partial charge in [-0.05, 0) is 17.7 Å². The van der Waals surface area contributed by atoms with Crippen LogP contribution in [0.1, 0.15) is 28.4 Å². The Labute approximate surface area is 142 Å². The first-order valence-corrected chi connectivity index (χ1v) is 7.58. The third-order valence-corrected chi connectivity index (χ3v) is 3.75. The van der Waals surface area contributed by atoms with Gasteiger partial charge < -0.3 is 9.64 Å². The molecule has 0 aliphatic carbocycles. The Morgan fingerprint density at radius 1 is 1.42 bits per heavy atom. The maximum atomic E-state index is 12.8. The molecule has 0 atom stereocenters. The number of nitrogens with zero attached hydrogens (tertiary/aromatic N) is 3. The van der Waals surface area contributed by atoms with Gasteiger partial charge in [0.2, 0.25) is 5.88 Å². The van der Waals surface area contributed by atoms with Crippen LogP contribution >= 0.6 is 11.6 Å². The molecule has 2 aromatic rings. The highest BCUT2D eigenvalue weighted by Crippen LogP contribution is 2.27. The summed E-state index contributed by atoms with van der Waals surface area (Å²) in [5, 5.41) is 0.127. The molecule has 0 saturated carbocycles. The van der Waals surface area contributed by atoms with Crippen molar-refractivity contribution in [3.05, 3.63) is 52.4 Å². The van der Waals surface area contributed by atoms with Crippen molar-refractivity contribution in [2.75, 3.05) is 6.61 Å². The van der Waals surface area contributed by atoms with Crippen molar-refractivity contribution in [1.29, 1.82) is 0 Å². The Bertz CT molecular complexity index is 780. The first-order valence-electron chi connectivity index (χ1n) is 7.21. The van der Waals surface area contributed by atoms with E-state index in [0.717, 1.165) is 12.5 Å². The van der Waals surface area contributed by atoms with Crippen molar-refractivity contribution in [3.63, 3.8) is 0 Å². The molecule has 0 radical (unpaired) electrons. The van der Waals surface area contributed by atoms with E-state index < -0.39 is 12.5 Å². The van der Waals surface area contributed by atoms with Crippen LogP contribution in [0, 0.1) is 0 Å². The topological polar surface area (TPSA) is 55.3 Å². The molecule has 1 aliphatic rings. The molecule has 3 heterocycles. The fourth-order valence-electron chi connectivity index (χ4n) is 2.41. The van der Waals surface area contributed by atoms with Gasteiger partial charge in [0.25, 0.3) is 11.8 Å². The second-order valence-corrected chi connectivity index (χ2v) is 6.09. The average Bonchev–Trinajstić information content (AvgIpc) is 2.82. The molecule has 0 spiro atoms. The molecule has 0 unspecified atom stereocenters. The quantitative estimate of drug-likeness (QED) is 0.827. The fraction of sp³-hybridized carbons (Fsp3) is 0.312. The van der Waals surface area contributed by atoms with Gasteiger partial charge in [-0.25, -0.2) is 13.8 Å². The van der Waals surface area contributed by atoms with E-state index in [9.17, 15) is 13.6 Å². The Morgan fingerprint density at radius 3 is 2.88 bits per heavy atom. The molecule has 1 amide bonds. The van der Waals surface area contributed by atoms with Crippen molar-refractivity contribution in [1.82, 2.24) is 14.9 Å². The van der Waals surface area contributed by atoms with Gasteiger partial charge in [0.05, 0.1) is 0 Å². The number of hydrogen-bond donors (Lipinski definition) is 0. The monoisotopic (exact) mass is 353 g/mol. The van der Waals surface area contributed by atoms with Crippen LogP contribution in [0.25, 0.3) is 0 Å². The van der Waals surface area contributed by atoms with Gasteiger partial charge >= 0.3 is 0 Å². The third-order valence-electron chi connectivity index (χ3n) is 3.48. The minimum atomic E-state index is -2.97. The number of carbonyl (C=O) groups excluding carboxylic acids is 1. The van der Waals surface area contributed by atoms with Gasteiger partial charge in [-0.1, -0.05) is 11.6 Å². The Morgan fingerprint density at radius 2 is 2.21 bits per heavy atom. The average molecular weight is 354 g/mol. The summed E-state index contributed by atoms with van der Waals surface area (Å²) in [6.45, 7) is 0.719. The van der Waals surface area contributed by atoms with Crippen LogP contribution in [-0.2, 0) is 13.1 Å². The molecule has 1 aliphatic heterocycles. The number of halogens is 3. The first kappa shape index (κ1) is 16.6. The number of pyridine rings is 2. The number of ether oxygens (including phenoxy) is 1. The molecular formula is C16H14ClF2N3O2. The lowest BCUT2D eigenvalue weighted by atomic mass is 10.2. The molecule has 3 rings (SSSR count). The van der Waals surface area contributed by atoms with Crippen molar-refractivity contribution in [2.45, 2.75) is 25.9 Å². The lowest BCUT2D eigenvalue weighted by Gasteiger charge is -2.16. The summed E-state index contributed by atoms with van der Waals surface area (Å²) in [7, 11) is 0. The molecule has 0 saturated heterocycles. The Balaban J connectivity index is 1.69. The molecule has 0 aromatic carbocycles. The number of amides is 1. The van der Waals surface area contributed by atoms with E-state index in [2.05, 4.69) is 9.97 Å². The lowest BCUT2D eigenvalue weighted by Crippen LogP contribution is -2.23. The second kappa shape index (κ2) is 6.32. The van der Waals surface area contributed by atoms with E-state index in [1.54, 1.807) is 29.4 Å². The van der Waals surface area contributed by atoms with Gasteiger partial charge in [-0.3, -0.25) is 9.78 Å². The predicted octanol–water partition coefficient (Wildman–Crippen LogP) is 3.32. The van der Waals surface area contributed by atoms with Crippen molar-refractivity contribution in [3.8, 4) is 5.88 Å². The van der Waals surface area contributed by atoms with Gasteiger partial charge in [0.1, 0.15) is 5.02 Å². The normalized spacial score (nSPS) is 14.0. The lowest BCUT2D eigenvalue weighted by molar-refractivity contribution is -0.0242. The molecule has 8 heteroatoms. The molecule has 24 heavy (non-hydrogen) atoms. The fourth-order valence-corrected chi connectivity index (χ4v) is 2.65. The summed E-state index contributed by atoms with van der Waals surface area (Å²) in [4.78, 5) is 21.9. The number of carbonyl (C=O) groups is 1. The van der Waals surface area contributed by atoms with Gasteiger partial charge in [-0.15, -0.1) is 0 Å². The van der Waals surface area contributed by atoms with Crippen molar-refractivity contribution in [2.24, 2.45) is 0 Å². The van der Waals surface area contributed by atoms with Crippen molar-refractivity contribution >= 4 is 17.5 Å². The van der Waals surface area contributed by atoms with Crippen LogP contribution in [0.2, 0.25) is 5.02 Å². The largest absolute Gasteiger partial charge is 0.470 e. The zero-order valence-electron chi connectivity index (χ0n) is 12.8. The van der Waals surface area contributed by atoms with Crippen LogP contribution in [0.15, 0.2) is 30.7 Å². The summed E-state index contributed by atoms with van der Waals surface area (Å²) < 4.78 is 30.6. The highest BCUT2D eigenvalue weighted by molar-refractivity contribution is 6.31.